The van der Waals surface area contributed by atoms with Crippen LogP contribution >= 0.6 is 0 Å². The van der Waals surface area contributed by atoms with E-state index in [2.05, 4.69) is 0 Å². The molecule has 0 aliphatic heterocycles. The molecule has 80 valence electrons. The summed E-state index contributed by atoms with van der Waals surface area (Å²) in [5.74, 6) is -0.961. The highest BCUT2D eigenvalue weighted by Gasteiger charge is 2.19. The summed E-state index contributed by atoms with van der Waals surface area (Å²) in [4.78, 5) is 10.9. The molecule has 1 atom stereocenters. The third-order valence-corrected chi connectivity index (χ3v) is 2.74. The summed E-state index contributed by atoms with van der Waals surface area (Å²) >= 11 is 0. The van der Waals surface area contributed by atoms with Gasteiger partial charge in [-0.2, -0.15) is 0 Å². The lowest BCUT2D eigenvalue weighted by molar-refractivity contribution is -0.133. The van der Waals surface area contributed by atoms with Gasteiger partial charge in [0.1, 0.15) is 0 Å². The number of carboxylic acids is 1. The molecular weight excluding hydrogens is 180 g/mol. The van der Waals surface area contributed by atoms with Crippen LogP contribution in [0.1, 0.15) is 45.4 Å². The minimum absolute atomic E-state index is 0.229. The Bertz CT molecular complexity index is 231. The van der Waals surface area contributed by atoms with Gasteiger partial charge in [-0.15, -0.1) is 0 Å². The molecule has 0 aromatic carbocycles. The lowest BCUT2D eigenvalue weighted by Gasteiger charge is -2.12. The predicted molar refractivity (Wildman–Crippen MR) is 54.0 cm³/mol. The molecule has 0 saturated heterocycles. The van der Waals surface area contributed by atoms with Crippen LogP contribution in [-0.4, -0.2) is 22.3 Å². The van der Waals surface area contributed by atoms with Crippen LogP contribution in [0.4, 0.5) is 0 Å². The molecule has 0 bridgehead atoms. The van der Waals surface area contributed by atoms with E-state index in [1.807, 2.05) is 0 Å². The molecule has 1 aliphatic rings. The Kier molecular flexibility index (Phi) is 4.14. The van der Waals surface area contributed by atoms with Gasteiger partial charge < -0.3 is 10.2 Å². The first kappa shape index (κ1) is 11.2. The molecule has 14 heavy (non-hydrogen) atoms. The van der Waals surface area contributed by atoms with Crippen molar-refractivity contribution in [1.82, 2.24) is 0 Å². The second-order valence-corrected chi connectivity index (χ2v) is 3.91. The average Bonchev–Trinajstić information content (AvgIpc) is 2.31. The normalized spacial score (nSPS) is 20.0. The van der Waals surface area contributed by atoms with E-state index in [4.69, 9.17) is 5.11 Å². The number of carboxylic acid groups (broad SMARTS) is 1. The molecule has 1 rings (SSSR count). The minimum Gasteiger partial charge on any atom is -0.478 e. The first-order chi connectivity index (χ1) is 6.63. The van der Waals surface area contributed by atoms with Crippen molar-refractivity contribution in [3.05, 3.63) is 11.1 Å². The standard InChI is InChI=1S/C11H18O3/c1-8(12)10(11(13)14)9-6-4-2-3-5-7-9/h8,12H,2-7H2,1H3,(H,13,14). The molecule has 0 spiro atoms. The molecule has 0 aromatic heterocycles. The zero-order valence-corrected chi connectivity index (χ0v) is 8.62. The van der Waals surface area contributed by atoms with Gasteiger partial charge in [-0.1, -0.05) is 18.4 Å². The zero-order chi connectivity index (χ0) is 10.6. The first-order valence-electron chi connectivity index (χ1n) is 5.26. The summed E-state index contributed by atoms with van der Waals surface area (Å²) in [5.41, 5.74) is 1.18. The smallest absolute Gasteiger partial charge is 0.334 e. The number of rotatable bonds is 2. The van der Waals surface area contributed by atoms with Gasteiger partial charge in [0.2, 0.25) is 0 Å². The fourth-order valence-corrected chi connectivity index (χ4v) is 2.05. The van der Waals surface area contributed by atoms with E-state index in [1.165, 1.54) is 19.8 Å². The van der Waals surface area contributed by atoms with Crippen molar-refractivity contribution < 1.29 is 15.0 Å². The van der Waals surface area contributed by atoms with Gasteiger partial charge in [-0.3, -0.25) is 0 Å². The molecule has 3 nitrogen and oxygen atoms in total. The average molecular weight is 198 g/mol. The molecule has 0 heterocycles. The van der Waals surface area contributed by atoms with Crippen molar-refractivity contribution in [1.29, 1.82) is 0 Å². The van der Waals surface area contributed by atoms with Crippen LogP contribution in [0.25, 0.3) is 0 Å². The number of carbonyl (C=O) groups is 1. The molecule has 3 heteroatoms. The van der Waals surface area contributed by atoms with Crippen LogP contribution in [-0.2, 0) is 4.79 Å². The van der Waals surface area contributed by atoms with Crippen molar-refractivity contribution in [3.8, 4) is 0 Å². The number of hydrogen-bond donors (Lipinski definition) is 2. The quantitative estimate of drug-likeness (QED) is 0.527. The maximum Gasteiger partial charge on any atom is 0.334 e. The van der Waals surface area contributed by atoms with Gasteiger partial charge in [0.05, 0.1) is 11.7 Å². The Morgan fingerprint density at radius 3 is 2.07 bits per heavy atom. The number of allylic oxidation sites excluding steroid dienone is 1. The van der Waals surface area contributed by atoms with E-state index < -0.39 is 12.1 Å². The lowest BCUT2D eigenvalue weighted by Crippen LogP contribution is -2.16. The van der Waals surface area contributed by atoms with Crippen LogP contribution in [0.3, 0.4) is 0 Å². The van der Waals surface area contributed by atoms with Crippen molar-refractivity contribution in [3.63, 3.8) is 0 Å². The highest BCUT2D eigenvalue weighted by molar-refractivity contribution is 5.88. The molecule has 1 aliphatic carbocycles. The van der Waals surface area contributed by atoms with E-state index in [-0.39, 0.29) is 5.57 Å². The fourth-order valence-electron chi connectivity index (χ4n) is 2.05. The Morgan fingerprint density at radius 2 is 1.71 bits per heavy atom. The molecule has 0 aromatic rings. The Hall–Kier alpha value is -0.830. The Balaban J connectivity index is 2.88. The van der Waals surface area contributed by atoms with E-state index in [0.717, 1.165) is 31.3 Å². The fraction of sp³-hybridized carbons (Fsp3) is 0.727. The van der Waals surface area contributed by atoms with Gasteiger partial charge in [0.25, 0.3) is 0 Å². The SMILES string of the molecule is CC(O)C(C(=O)O)=C1CCCCCC1. The van der Waals surface area contributed by atoms with Crippen molar-refractivity contribution >= 4 is 5.97 Å². The van der Waals surface area contributed by atoms with Crippen molar-refractivity contribution in [2.45, 2.75) is 51.6 Å². The van der Waals surface area contributed by atoms with Crippen molar-refractivity contribution in [2.75, 3.05) is 0 Å². The third kappa shape index (κ3) is 2.84. The molecular formula is C11H18O3. The van der Waals surface area contributed by atoms with Crippen LogP contribution in [0.5, 0.6) is 0 Å². The summed E-state index contributed by atoms with van der Waals surface area (Å²) in [6.45, 7) is 1.53. The molecule has 2 N–H and O–H groups in total. The van der Waals surface area contributed by atoms with E-state index >= 15 is 0 Å². The number of aliphatic hydroxyl groups excluding tert-OH is 1. The highest BCUT2D eigenvalue weighted by Crippen LogP contribution is 2.26. The Labute approximate surface area is 84.4 Å². The summed E-state index contributed by atoms with van der Waals surface area (Å²) in [7, 11) is 0. The van der Waals surface area contributed by atoms with E-state index in [9.17, 15) is 9.90 Å². The zero-order valence-electron chi connectivity index (χ0n) is 8.62. The van der Waals surface area contributed by atoms with Crippen LogP contribution < -0.4 is 0 Å². The van der Waals surface area contributed by atoms with Gasteiger partial charge in [0.15, 0.2) is 0 Å². The van der Waals surface area contributed by atoms with Gasteiger partial charge in [-0.05, 0) is 32.6 Å². The van der Waals surface area contributed by atoms with Crippen molar-refractivity contribution in [2.24, 2.45) is 0 Å². The van der Waals surface area contributed by atoms with Crippen LogP contribution in [0, 0.1) is 0 Å². The minimum atomic E-state index is -0.961. The second-order valence-electron chi connectivity index (χ2n) is 3.91. The number of hydrogen-bond acceptors (Lipinski definition) is 2. The monoisotopic (exact) mass is 198 g/mol. The van der Waals surface area contributed by atoms with E-state index in [1.54, 1.807) is 0 Å². The molecule has 1 saturated carbocycles. The largest absolute Gasteiger partial charge is 0.478 e. The summed E-state index contributed by atoms with van der Waals surface area (Å²) in [6.07, 6.45) is 5.30. The van der Waals surface area contributed by atoms with Crippen LogP contribution in [0.15, 0.2) is 11.1 Å². The predicted octanol–water partition coefficient (Wildman–Crippen LogP) is 2.10. The summed E-state index contributed by atoms with van der Waals surface area (Å²) < 4.78 is 0. The maximum atomic E-state index is 10.9. The second kappa shape index (κ2) is 5.15. The molecule has 1 unspecified atom stereocenters. The van der Waals surface area contributed by atoms with Crippen LogP contribution in [0.2, 0.25) is 0 Å². The summed E-state index contributed by atoms with van der Waals surface area (Å²) in [6, 6.07) is 0. The van der Waals surface area contributed by atoms with Gasteiger partial charge in [0, 0.05) is 0 Å². The Morgan fingerprint density at radius 1 is 1.21 bits per heavy atom. The molecule has 0 radical (unpaired) electrons. The highest BCUT2D eigenvalue weighted by atomic mass is 16.4. The molecule has 1 fully saturated rings. The first-order valence-corrected chi connectivity index (χ1v) is 5.26. The lowest BCUT2D eigenvalue weighted by atomic mass is 9.97. The topological polar surface area (TPSA) is 57.5 Å². The van der Waals surface area contributed by atoms with Gasteiger partial charge >= 0.3 is 5.97 Å². The number of aliphatic hydroxyl groups is 1. The maximum absolute atomic E-state index is 10.9. The van der Waals surface area contributed by atoms with Gasteiger partial charge in [-0.25, -0.2) is 4.79 Å². The third-order valence-electron chi connectivity index (χ3n) is 2.74. The summed E-state index contributed by atoms with van der Waals surface area (Å²) in [5, 5.41) is 18.4. The number of aliphatic carboxylic acids is 1. The van der Waals surface area contributed by atoms with E-state index in [0.29, 0.717) is 0 Å². The molecule has 0 amide bonds.